The first-order valence-electron chi connectivity index (χ1n) is 7.34. The van der Waals surface area contributed by atoms with Crippen LogP contribution >= 0.6 is 15.9 Å². The second-order valence-corrected chi connectivity index (χ2v) is 7.00. The number of methoxy groups -OCH3 is 1. The van der Waals surface area contributed by atoms with Crippen molar-refractivity contribution < 1.29 is 19.1 Å². The molecule has 0 heterocycles. The quantitative estimate of drug-likeness (QED) is 0.758. The van der Waals surface area contributed by atoms with Gasteiger partial charge in [0.15, 0.2) is 5.78 Å². The summed E-state index contributed by atoms with van der Waals surface area (Å²) in [4.78, 5) is 23.2. The zero-order valence-corrected chi connectivity index (χ0v) is 15.0. The number of fused-ring (bicyclic) bond motifs is 1. The average molecular weight is 369 g/mol. The molecule has 120 valence electrons. The van der Waals surface area contributed by atoms with Crippen molar-refractivity contribution in [2.75, 3.05) is 13.7 Å². The number of carbonyl (C=O) groups excluding carboxylic acids is 2. The van der Waals surface area contributed by atoms with E-state index in [9.17, 15) is 9.59 Å². The van der Waals surface area contributed by atoms with Gasteiger partial charge in [-0.05, 0) is 45.0 Å². The number of benzene rings is 1. The highest BCUT2D eigenvalue weighted by atomic mass is 79.9. The molecule has 0 amide bonds. The highest BCUT2D eigenvalue weighted by Crippen LogP contribution is 2.46. The fraction of sp³-hybridized carbons (Fsp3) is 0.529. The summed E-state index contributed by atoms with van der Waals surface area (Å²) in [5, 5.41) is 0. The molecule has 0 bridgehead atoms. The fourth-order valence-corrected chi connectivity index (χ4v) is 4.13. The van der Waals surface area contributed by atoms with E-state index in [0.717, 1.165) is 27.6 Å². The van der Waals surface area contributed by atoms with E-state index in [1.165, 1.54) is 6.92 Å². The summed E-state index contributed by atoms with van der Waals surface area (Å²) in [6, 6.07) is 1.89. The first-order chi connectivity index (χ1) is 10.3. The lowest BCUT2D eigenvalue weighted by Crippen LogP contribution is -2.28. The molecule has 0 fully saturated rings. The summed E-state index contributed by atoms with van der Waals surface area (Å²) >= 11 is 3.62. The van der Waals surface area contributed by atoms with Crippen molar-refractivity contribution >= 4 is 27.7 Å². The zero-order valence-electron chi connectivity index (χ0n) is 13.4. The monoisotopic (exact) mass is 368 g/mol. The molecule has 0 N–H and O–H groups in total. The number of esters is 1. The van der Waals surface area contributed by atoms with Gasteiger partial charge in [0.1, 0.15) is 5.75 Å². The molecule has 1 aliphatic rings. The summed E-state index contributed by atoms with van der Waals surface area (Å²) in [7, 11) is 1.61. The van der Waals surface area contributed by atoms with Crippen molar-refractivity contribution in [2.24, 2.45) is 0 Å². The number of carbonyl (C=O) groups is 2. The van der Waals surface area contributed by atoms with Crippen LogP contribution in [0.2, 0.25) is 0 Å². The Morgan fingerprint density at radius 3 is 2.68 bits per heavy atom. The number of ketones is 1. The van der Waals surface area contributed by atoms with Crippen LogP contribution in [0.1, 0.15) is 55.1 Å². The standard InChI is InChI=1S/C17H21BrO4/c1-10(19)22-8-6-11-9-12-13(20)5-7-17(2,3)14(12)15(18)16(11)21-4/h9H,5-8H2,1-4H3. The average Bonchev–Trinajstić information content (AvgIpc) is 2.42. The van der Waals surface area contributed by atoms with Crippen molar-refractivity contribution in [3.05, 3.63) is 27.2 Å². The molecule has 0 radical (unpaired) electrons. The van der Waals surface area contributed by atoms with Crippen LogP contribution in [0.25, 0.3) is 0 Å². The van der Waals surface area contributed by atoms with E-state index < -0.39 is 0 Å². The van der Waals surface area contributed by atoms with Gasteiger partial charge in [0.25, 0.3) is 0 Å². The summed E-state index contributed by atoms with van der Waals surface area (Å²) in [5.74, 6) is 0.563. The molecule has 0 saturated carbocycles. The van der Waals surface area contributed by atoms with Crippen LogP contribution in [0.4, 0.5) is 0 Å². The Hall–Kier alpha value is -1.36. The number of hydrogen-bond donors (Lipinski definition) is 0. The Labute approximate surface area is 139 Å². The lowest BCUT2D eigenvalue weighted by Gasteiger charge is -2.34. The van der Waals surface area contributed by atoms with Crippen LogP contribution < -0.4 is 4.74 Å². The predicted octanol–water partition coefficient (Wildman–Crippen LogP) is 3.82. The first kappa shape index (κ1) is 17.0. The van der Waals surface area contributed by atoms with Crippen molar-refractivity contribution in [3.8, 4) is 5.75 Å². The van der Waals surface area contributed by atoms with Crippen LogP contribution in [-0.2, 0) is 21.4 Å². The van der Waals surface area contributed by atoms with Crippen LogP contribution in [0.3, 0.4) is 0 Å². The molecule has 0 aliphatic heterocycles. The minimum atomic E-state index is -0.312. The molecule has 1 aliphatic carbocycles. The maximum absolute atomic E-state index is 12.3. The van der Waals surface area contributed by atoms with E-state index in [1.807, 2.05) is 6.07 Å². The maximum atomic E-state index is 12.3. The Kier molecular flexibility index (Phi) is 4.95. The van der Waals surface area contributed by atoms with Gasteiger partial charge in [-0.15, -0.1) is 0 Å². The second-order valence-electron chi connectivity index (χ2n) is 6.20. The number of Topliss-reactive ketones (excluding diaryl/α,β-unsaturated/α-hetero) is 1. The third kappa shape index (κ3) is 3.19. The van der Waals surface area contributed by atoms with Crippen molar-refractivity contribution in [2.45, 2.75) is 45.4 Å². The molecule has 0 saturated heterocycles. The van der Waals surface area contributed by atoms with Crippen LogP contribution in [0, 0.1) is 0 Å². The van der Waals surface area contributed by atoms with Crippen LogP contribution in [-0.4, -0.2) is 25.5 Å². The van der Waals surface area contributed by atoms with Gasteiger partial charge in [-0.3, -0.25) is 9.59 Å². The number of hydrogen-bond acceptors (Lipinski definition) is 4. The molecule has 22 heavy (non-hydrogen) atoms. The first-order valence-corrected chi connectivity index (χ1v) is 8.13. The van der Waals surface area contributed by atoms with E-state index in [0.29, 0.717) is 18.6 Å². The van der Waals surface area contributed by atoms with Gasteiger partial charge in [0, 0.05) is 25.3 Å². The largest absolute Gasteiger partial charge is 0.495 e. The van der Waals surface area contributed by atoms with Gasteiger partial charge < -0.3 is 9.47 Å². The van der Waals surface area contributed by atoms with Crippen LogP contribution in [0.15, 0.2) is 10.5 Å². The molecule has 0 aromatic heterocycles. The van der Waals surface area contributed by atoms with E-state index in [2.05, 4.69) is 29.8 Å². The van der Waals surface area contributed by atoms with Crippen molar-refractivity contribution in [3.63, 3.8) is 0 Å². The minimum absolute atomic E-state index is 0.0796. The molecule has 1 aromatic carbocycles. The topological polar surface area (TPSA) is 52.6 Å². The SMILES string of the molecule is COc1c(CCOC(C)=O)cc2c(c1Br)C(C)(C)CCC2=O. The third-order valence-electron chi connectivity index (χ3n) is 4.13. The lowest BCUT2D eigenvalue weighted by molar-refractivity contribution is -0.140. The zero-order chi connectivity index (χ0) is 16.5. The van der Waals surface area contributed by atoms with Crippen molar-refractivity contribution in [1.82, 2.24) is 0 Å². The Morgan fingerprint density at radius 2 is 2.09 bits per heavy atom. The maximum Gasteiger partial charge on any atom is 0.302 e. The van der Waals surface area contributed by atoms with Gasteiger partial charge in [0.2, 0.25) is 0 Å². The Balaban J connectivity index is 2.49. The molecule has 2 rings (SSSR count). The molecular weight excluding hydrogens is 348 g/mol. The molecule has 5 heteroatoms. The summed E-state index contributed by atoms with van der Waals surface area (Å²) < 4.78 is 11.4. The van der Waals surface area contributed by atoms with E-state index in [1.54, 1.807) is 7.11 Å². The predicted molar refractivity (Wildman–Crippen MR) is 87.6 cm³/mol. The van der Waals surface area contributed by atoms with E-state index in [4.69, 9.17) is 9.47 Å². The molecular formula is C17H21BrO4. The minimum Gasteiger partial charge on any atom is -0.495 e. The smallest absolute Gasteiger partial charge is 0.302 e. The third-order valence-corrected chi connectivity index (χ3v) is 4.89. The highest BCUT2D eigenvalue weighted by Gasteiger charge is 2.35. The molecule has 0 unspecified atom stereocenters. The van der Waals surface area contributed by atoms with E-state index >= 15 is 0 Å². The van der Waals surface area contributed by atoms with E-state index in [-0.39, 0.29) is 23.8 Å². The van der Waals surface area contributed by atoms with Crippen molar-refractivity contribution in [1.29, 1.82) is 0 Å². The van der Waals surface area contributed by atoms with Gasteiger partial charge in [0.05, 0.1) is 18.2 Å². The Morgan fingerprint density at radius 1 is 1.41 bits per heavy atom. The summed E-state index contributed by atoms with van der Waals surface area (Å²) in [6.07, 6.45) is 1.90. The summed E-state index contributed by atoms with van der Waals surface area (Å²) in [5.41, 5.74) is 2.56. The van der Waals surface area contributed by atoms with Gasteiger partial charge in [-0.1, -0.05) is 13.8 Å². The van der Waals surface area contributed by atoms with Gasteiger partial charge in [-0.25, -0.2) is 0 Å². The summed E-state index contributed by atoms with van der Waals surface area (Å²) in [6.45, 7) is 5.93. The van der Waals surface area contributed by atoms with Gasteiger partial charge in [-0.2, -0.15) is 0 Å². The van der Waals surface area contributed by atoms with Gasteiger partial charge >= 0.3 is 5.97 Å². The number of halogens is 1. The lowest BCUT2D eigenvalue weighted by atomic mass is 9.71. The molecule has 0 spiro atoms. The number of rotatable bonds is 4. The molecule has 0 atom stereocenters. The van der Waals surface area contributed by atoms with Crippen LogP contribution in [0.5, 0.6) is 5.75 Å². The normalized spacial score (nSPS) is 16.1. The highest BCUT2D eigenvalue weighted by molar-refractivity contribution is 9.10. The molecule has 4 nitrogen and oxygen atoms in total. The second kappa shape index (κ2) is 6.41. The number of ether oxygens (including phenoxy) is 2. The molecule has 1 aromatic rings. The Bertz CT molecular complexity index is 620. The fourth-order valence-electron chi connectivity index (χ4n) is 2.96.